The van der Waals surface area contributed by atoms with Crippen LogP contribution in [0.2, 0.25) is 0 Å². The van der Waals surface area contributed by atoms with E-state index in [0.717, 1.165) is 12.8 Å². The third-order valence-corrected chi connectivity index (χ3v) is 8.72. The molecule has 1 amide bonds. The molecule has 0 aromatic carbocycles. The van der Waals surface area contributed by atoms with Crippen molar-refractivity contribution < 1.29 is 81.1 Å². The zero-order valence-corrected chi connectivity index (χ0v) is 38.3. The second kappa shape index (κ2) is 53.3. The Hall–Kier alpha value is -2.07. The van der Waals surface area contributed by atoms with Gasteiger partial charge in [-0.2, -0.15) is 0 Å². The number of aliphatic carboxylic acids is 1. The lowest BCUT2D eigenvalue weighted by Gasteiger charge is -2.09. The van der Waals surface area contributed by atoms with Crippen molar-refractivity contribution in [1.82, 2.24) is 5.32 Å². The van der Waals surface area contributed by atoms with Crippen LogP contribution in [0.25, 0.3) is 0 Å². The van der Waals surface area contributed by atoms with Crippen LogP contribution in [0, 0.1) is 0 Å². The number of amides is 1. The molecular formula is C44H85NO17. The number of hydrogen-bond donors (Lipinski definition) is 2. The molecule has 0 rings (SSSR count). The molecule has 0 aliphatic carbocycles. The fourth-order valence-electron chi connectivity index (χ4n) is 5.42. The highest BCUT2D eigenvalue weighted by Gasteiger charge is 2.05. The topological polar surface area (TPSA) is 203 Å². The van der Waals surface area contributed by atoms with Crippen LogP contribution in [0.3, 0.4) is 0 Å². The molecule has 0 aromatic heterocycles. The summed E-state index contributed by atoms with van der Waals surface area (Å²) in [7, 11) is 0. The maximum Gasteiger partial charge on any atom is 0.329 e. The summed E-state index contributed by atoms with van der Waals surface area (Å²) < 4.78 is 70.0. The molecule has 2 N–H and O–H groups in total. The van der Waals surface area contributed by atoms with Crippen molar-refractivity contribution in [2.75, 3.05) is 172 Å². The van der Waals surface area contributed by atoms with Gasteiger partial charge < -0.3 is 72.0 Å². The van der Waals surface area contributed by atoms with Crippen molar-refractivity contribution in [1.29, 1.82) is 0 Å². The van der Waals surface area contributed by atoms with Gasteiger partial charge in [-0.1, -0.05) is 84.0 Å². The number of carboxylic acids is 1. The average Bonchev–Trinajstić information content (AvgIpc) is 3.26. The molecule has 0 saturated heterocycles. The third kappa shape index (κ3) is 54.1. The van der Waals surface area contributed by atoms with Gasteiger partial charge in [-0.25, -0.2) is 4.79 Å². The lowest BCUT2D eigenvalue weighted by atomic mass is 10.0. The van der Waals surface area contributed by atoms with E-state index in [1.807, 2.05) is 0 Å². The number of rotatable bonds is 54. The standard InChI is InChI=1S/C44H85NO17/c1-2-3-4-5-6-7-8-9-10-11-12-13-14-15-44(49)62-39-38-60-37-36-59-35-34-58-33-32-57-31-30-56-29-28-55-27-26-54-25-24-53-23-22-52-21-20-51-19-18-50-17-16-45-42(46)40-61-41-43(47)48/h2-41H2,1H3,(H,45,46)(H,47,48). The molecule has 0 aliphatic rings. The van der Waals surface area contributed by atoms with Gasteiger partial charge in [0.15, 0.2) is 0 Å². The van der Waals surface area contributed by atoms with Crippen molar-refractivity contribution >= 4 is 17.8 Å². The highest BCUT2D eigenvalue weighted by atomic mass is 16.6. The molecule has 18 nitrogen and oxygen atoms in total. The van der Waals surface area contributed by atoms with Gasteiger partial charge in [-0.05, 0) is 6.42 Å². The summed E-state index contributed by atoms with van der Waals surface area (Å²) in [6.45, 7) is 11.8. The van der Waals surface area contributed by atoms with E-state index in [2.05, 4.69) is 17.0 Å². The van der Waals surface area contributed by atoms with Crippen LogP contribution in [0.4, 0.5) is 0 Å². The second-order valence-electron chi connectivity index (χ2n) is 14.2. The van der Waals surface area contributed by atoms with E-state index in [4.69, 9.17) is 61.9 Å². The fourth-order valence-corrected chi connectivity index (χ4v) is 5.42. The molecule has 0 saturated carbocycles. The summed E-state index contributed by atoms with van der Waals surface area (Å²) in [6, 6.07) is 0. The molecule has 0 heterocycles. The Morgan fingerprint density at radius 2 is 0.645 bits per heavy atom. The van der Waals surface area contributed by atoms with Crippen LogP contribution in [-0.4, -0.2) is 195 Å². The number of nitrogens with one attached hydrogen (secondary N) is 1. The van der Waals surface area contributed by atoms with E-state index in [1.54, 1.807) is 0 Å². The Bertz CT molecular complexity index is 936. The maximum absolute atomic E-state index is 11.9. The quantitative estimate of drug-likeness (QED) is 0.0641. The van der Waals surface area contributed by atoms with E-state index < -0.39 is 18.5 Å². The maximum atomic E-state index is 11.9. The Morgan fingerprint density at radius 1 is 0.355 bits per heavy atom. The first-order valence-electron chi connectivity index (χ1n) is 23.1. The van der Waals surface area contributed by atoms with Crippen LogP contribution in [0.5, 0.6) is 0 Å². The second-order valence-corrected chi connectivity index (χ2v) is 14.2. The first kappa shape index (κ1) is 59.9. The Kier molecular flexibility index (Phi) is 51.5. The molecule has 0 spiro atoms. The first-order chi connectivity index (χ1) is 30.6. The minimum atomic E-state index is -1.13. The summed E-state index contributed by atoms with van der Waals surface area (Å²) in [6.07, 6.45) is 17.2. The molecule has 0 bridgehead atoms. The van der Waals surface area contributed by atoms with E-state index >= 15 is 0 Å². The van der Waals surface area contributed by atoms with Gasteiger partial charge in [0.05, 0.1) is 145 Å². The minimum absolute atomic E-state index is 0.141. The zero-order chi connectivity index (χ0) is 44.9. The lowest BCUT2D eigenvalue weighted by Crippen LogP contribution is -2.31. The number of unbranched alkanes of at least 4 members (excludes halogenated alkanes) is 12. The number of carbonyl (C=O) groups is 3. The van der Waals surface area contributed by atoms with Crippen molar-refractivity contribution in [3.8, 4) is 0 Å². The van der Waals surface area contributed by atoms with Gasteiger partial charge in [0.2, 0.25) is 5.91 Å². The molecule has 0 fully saturated rings. The predicted octanol–water partition coefficient (Wildman–Crippen LogP) is 4.41. The molecule has 62 heavy (non-hydrogen) atoms. The molecule has 0 unspecified atom stereocenters. The van der Waals surface area contributed by atoms with Gasteiger partial charge in [0.1, 0.15) is 19.8 Å². The number of hydrogen-bond acceptors (Lipinski definition) is 16. The summed E-state index contributed by atoms with van der Waals surface area (Å²) in [5, 5.41) is 11.0. The number of carboxylic acid groups (broad SMARTS) is 1. The van der Waals surface area contributed by atoms with Crippen LogP contribution in [0.15, 0.2) is 0 Å². The molecule has 0 aromatic rings. The molecule has 18 heteroatoms. The number of esters is 1. The largest absolute Gasteiger partial charge is 0.480 e. The Balaban J connectivity index is 3.14. The molecule has 0 atom stereocenters. The normalized spacial score (nSPS) is 11.4. The average molecular weight is 900 g/mol. The van der Waals surface area contributed by atoms with Crippen molar-refractivity contribution in [2.24, 2.45) is 0 Å². The summed E-state index contributed by atoms with van der Waals surface area (Å²) in [5.41, 5.74) is 0. The molecule has 368 valence electrons. The fraction of sp³-hybridized carbons (Fsp3) is 0.932. The smallest absolute Gasteiger partial charge is 0.329 e. The summed E-state index contributed by atoms with van der Waals surface area (Å²) in [5.74, 6) is -1.67. The first-order valence-corrected chi connectivity index (χ1v) is 23.1. The van der Waals surface area contributed by atoms with Gasteiger partial charge in [-0.15, -0.1) is 0 Å². The molecule has 0 aliphatic heterocycles. The predicted molar refractivity (Wildman–Crippen MR) is 232 cm³/mol. The van der Waals surface area contributed by atoms with Gasteiger partial charge in [-0.3, -0.25) is 9.59 Å². The van der Waals surface area contributed by atoms with E-state index in [-0.39, 0.29) is 19.2 Å². The highest BCUT2D eigenvalue weighted by Crippen LogP contribution is 2.13. The Morgan fingerprint density at radius 3 is 0.968 bits per heavy atom. The van der Waals surface area contributed by atoms with Crippen molar-refractivity contribution in [2.45, 2.75) is 96.8 Å². The Labute approximate surface area is 372 Å². The van der Waals surface area contributed by atoms with E-state index in [0.29, 0.717) is 158 Å². The molecular weight excluding hydrogens is 814 g/mol. The summed E-state index contributed by atoms with van der Waals surface area (Å²) in [4.78, 5) is 33.6. The van der Waals surface area contributed by atoms with Gasteiger partial charge in [0, 0.05) is 13.0 Å². The van der Waals surface area contributed by atoms with Crippen molar-refractivity contribution in [3.05, 3.63) is 0 Å². The third-order valence-electron chi connectivity index (χ3n) is 8.72. The van der Waals surface area contributed by atoms with Gasteiger partial charge >= 0.3 is 11.9 Å². The summed E-state index contributed by atoms with van der Waals surface area (Å²) >= 11 is 0. The highest BCUT2D eigenvalue weighted by molar-refractivity contribution is 5.77. The molecule has 0 radical (unpaired) electrons. The van der Waals surface area contributed by atoms with Crippen LogP contribution in [0.1, 0.15) is 96.8 Å². The van der Waals surface area contributed by atoms with Crippen LogP contribution in [-0.2, 0) is 76.0 Å². The van der Waals surface area contributed by atoms with Crippen LogP contribution >= 0.6 is 0 Å². The zero-order valence-electron chi connectivity index (χ0n) is 38.3. The minimum Gasteiger partial charge on any atom is -0.480 e. The van der Waals surface area contributed by atoms with E-state index in [1.165, 1.54) is 70.6 Å². The van der Waals surface area contributed by atoms with Crippen molar-refractivity contribution in [3.63, 3.8) is 0 Å². The SMILES string of the molecule is CCCCCCCCCCCCCCCC(=O)OCCOCCOCCOCCOCCOCCOCCOCCOCCOCCOCCOCCNC(=O)COCC(=O)O. The van der Waals surface area contributed by atoms with Gasteiger partial charge in [0.25, 0.3) is 0 Å². The van der Waals surface area contributed by atoms with Crippen LogP contribution < -0.4 is 5.32 Å². The number of carbonyl (C=O) groups excluding carboxylic acids is 2. The van der Waals surface area contributed by atoms with E-state index in [9.17, 15) is 14.4 Å². The number of ether oxygens (including phenoxy) is 13. The monoisotopic (exact) mass is 900 g/mol. The lowest BCUT2D eigenvalue weighted by molar-refractivity contribution is -0.146.